The quantitative estimate of drug-likeness (QED) is 0.818. The molecule has 2 aromatic rings. The lowest BCUT2D eigenvalue weighted by atomic mass is 10.3. The highest BCUT2D eigenvalue weighted by molar-refractivity contribution is 7.15. The summed E-state index contributed by atoms with van der Waals surface area (Å²) < 4.78 is 0. The van der Waals surface area contributed by atoms with Gasteiger partial charge in [-0.3, -0.25) is 4.98 Å². The minimum absolute atomic E-state index is 0.0536. The van der Waals surface area contributed by atoms with E-state index in [1.165, 1.54) is 0 Å². The molecule has 0 fully saturated rings. The smallest absolute Gasteiger partial charge is 0.125 e. The predicted octanol–water partition coefficient (Wildman–Crippen LogP) is 2.22. The van der Waals surface area contributed by atoms with Crippen LogP contribution in [0.3, 0.4) is 0 Å². The van der Waals surface area contributed by atoms with Gasteiger partial charge in [-0.15, -0.1) is 11.3 Å². The summed E-state index contributed by atoms with van der Waals surface area (Å²) in [6.45, 7) is 1.96. The fourth-order valence-electron chi connectivity index (χ4n) is 1.12. The van der Waals surface area contributed by atoms with E-state index in [0.29, 0.717) is 0 Å². The number of thiazole rings is 1. The fraction of sp³-hybridized carbons (Fsp3) is 0.200. The van der Waals surface area contributed by atoms with Crippen LogP contribution >= 0.6 is 11.3 Å². The maximum atomic E-state index is 5.76. The number of nitrogens with two attached hydrogens (primary N) is 1. The van der Waals surface area contributed by atoms with Gasteiger partial charge in [0.15, 0.2) is 0 Å². The molecule has 14 heavy (non-hydrogen) atoms. The Morgan fingerprint density at radius 1 is 1.43 bits per heavy atom. The average molecular weight is 205 g/mol. The first kappa shape index (κ1) is 9.30. The van der Waals surface area contributed by atoms with Crippen molar-refractivity contribution in [1.82, 2.24) is 9.97 Å². The van der Waals surface area contributed by atoms with Gasteiger partial charge in [0.1, 0.15) is 5.01 Å². The molecule has 1 atom stereocenters. The van der Waals surface area contributed by atoms with Crippen LogP contribution in [0.15, 0.2) is 30.7 Å². The Bertz CT molecular complexity index is 408. The third-order valence-corrected chi connectivity index (χ3v) is 3.13. The second-order valence-electron chi connectivity index (χ2n) is 3.10. The molecular weight excluding hydrogens is 194 g/mol. The maximum Gasteiger partial charge on any atom is 0.125 e. The first-order valence-electron chi connectivity index (χ1n) is 4.39. The first-order valence-corrected chi connectivity index (χ1v) is 5.20. The van der Waals surface area contributed by atoms with E-state index in [2.05, 4.69) is 9.97 Å². The molecule has 0 bridgehead atoms. The van der Waals surface area contributed by atoms with Crippen molar-refractivity contribution in [2.45, 2.75) is 13.0 Å². The van der Waals surface area contributed by atoms with Crippen molar-refractivity contribution in [2.75, 3.05) is 0 Å². The van der Waals surface area contributed by atoms with Crippen LogP contribution in [0.25, 0.3) is 10.6 Å². The first-order chi connectivity index (χ1) is 6.77. The lowest BCUT2D eigenvalue weighted by Crippen LogP contribution is -2.01. The molecule has 0 aliphatic rings. The molecule has 0 saturated heterocycles. The van der Waals surface area contributed by atoms with E-state index in [4.69, 9.17) is 5.73 Å². The summed E-state index contributed by atoms with van der Waals surface area (Å²) in [6.07, 6.45) is 5.39. The molecule has 2 rings (SSSR count). The van der Waals surface area contributed by atoms with E-state index in [9.17, 15) is 0 Å². The van der Waals surface area contributed by atoms with Gasteiger partial charge in [0.05, 0.1) is 0 Å². The zero-order valence-electron chi connectivity index (χ0n) is 7.84. The zero-order chi connectivity index (χ0) is 9.97. The molecule has 2 N–H and O–H groups in total. The fourth-order valence-corrected chi connectivity index (χ4v) is 1.98. The summed E-state index contributed by atoms with van der Waals surface area (Å²) in [5, 5.41) is 0.977. The lowest BCUT2D eigenvalue weighted by molar-refractivity contribution is 0.835. The Labute approximate surface area is 86.6 Å². The van der Waals surface area contributed by atoms with Crippen LogP contribution in [-0.2, 0) is 0 Å². The summed E-state index contributed by atoms with van der Waals surface area (Å²) in [5.41, 5.74) is 6.81. The van der Waals surface area contributed by atoms with Crippen molar-refractivity contribution < 1.29 is 0 Å². The van der Waals surface area contributed by atoms with Gasteiger partial charge in [0, 0.05) is 35.1 Å². The Hall–Kier alpha value is -1.26. The van der Waals surface area contributed by atoms with Gasteiger partial charge < -0.3 is 5.73 Å². The Morgan fingerprint density at radius 2 is 2.29 bits per heavy atom. The maximum absolute atomic E-state index is 5.76. The molecule has 3 nitrogen and oxygen atoms in total. The van der Waals surface area contributed by atoms with Crippen LogP contribution in [0.2, 0.25) is 0 Å². The Balaban J connectivity index is 2.34. The predicted molar refractivity (Wildman–Crippen MR) is 57.9 cm³/mol. The molecule has 0 spiro atoms. The molecule has 0 amide bonds. The molecule has 0 unspecified atom stereocenters. The SMILES string of the molecule is C[C@H](N)c1cnc(-c2cccnc2)s1. The lowest BCUT2D eigenvalue weighted by Gasteiger charge is -1.97. The second kappa shape index (κ2) is 3.86. The van der Waals surface area contributed by atoms with Crippen LogP contribution in [0.1, 0.15) is 17.8 Å². The zero-order valence-corrected chi connectivity index (χ0v) is 8.66. The van der Waals surface area contributed by atoms with Crippen molar-refractivity contribution in [3.05, 3.63) is 35.6 Å². The normalized spacial score (nSPS) is 12.7. The number of aromatic nitrogens is 2. The van der Waals surface area contributed by atoms with E-state index in [1.807, 2.05) is 31.5 Å². The monoisotopic (exact) mass is 205 g/mol. The van der Waals surface area contributed by atoms with Crippen LogP contribution in [0, 0.1) is 0 Å². The molecule has 0 radical (unpaired) electrons. The van der Waals surface area contributed by atoms with Gasteiger partial charge in [-0.2, -0.15) is 0 Å². The van der Waals surface area contributed by atoms with Gasteiger partial charge in [-0.05, 0) is 19.1 Å². The van der Waals surface area contributed by atoms with E-state index >= 15 is 0 Å². The van der Waals surface area contributed by atoms with Crippen LogP contribution in [0.5, 0.6) is 0 Å². The highest BCUT2D eigenvalue weighted by Crippen LogP contribution is 2.26. The van der Waals surface area contributed by atoms with Crippen molar-refractivity contribution in [1.29, 1.82) is 0 Å². The Kier molecular flexibility index (Phi) is 2.56. The van der Waals surface area contributed by atoms with Gasteiger partial charge in [0.2, 0.25) is 0 Å². The summed E-state index contributed by atoms with van der Waals surface area (Å²) in [4.78, 5) is 9.46. The molecule has 2 aromatic heterocycles. The van der Waals surface area contributed by atoms with E-state index in [0.717, 1.165) is 15.4 Å². The van der Waals surface area contributed by atoms with Crippen LogP contribution < -0.4 is 5.73 Å². The summed E-state index contributed by atoms with van der Waals surface area (Å²) in [5.74, 6) is 0. The van der Waals surface area contributed by atoms with E-state index in [-0.39, 0.29) is 6.04 Å². The summed E-state index contributed by atoms with van der Waals surface area (Å²) >= 11 is 1.62. The van der Waals surface area contributed by atoms with Crippen molar-refractivity contribution in [3.63, 3.8) is 0 Å². The third-order valence-electron chi connectivity index (χ3n) is 1.88. The van der Waals surface area contributed by atoms with Crippen LogP contribution in [0.4, 0.5) is 0 Å². The summed E-state index contributed by atoms with van der Waals surface area (Å²) in [6, 6.07) is 3.96. The van der Waals surface area contributed by atoms with Gasteiger partial charge in [0.25, 0.3) is 0 Å². The minimum atomic E-state index is 0.0536. The second-order valence-corrected chi connectivity index (χ2v) is 4.16. The molecule has 4 heteroatoms. The molecule has 72 valence electrons. The standard InChI is InChI=1S/C10H11N3S/c1-7(11)9-6-13-10(14-9)8-3-2-4-12-5-8/h2-7H,11H2,1H3/t7-/m0/s1. The molecular formula is C10H11N3S. The summed E-state index contributed by atoms with van der Waals surface area (Å²) in [7, 11) is 0. The van der Waals surface area contributed by atoms with E-state index < -0.39 is 0 Å². The van der Waals surface area contributed by atoms with Gasteiger partial charge in [-0.25, -0.2) is 4.98 Å². The number of nitrogens with zero attached hydrogens (tertiary/aromatic N) is 2. The van der Waals surface area contributed by atoms with E-state index in [1.54, 1.807) is 17.5 Å². The van der Waals surface area contributed by atoms with Crippen molar-refractivity contribution in [3.8, 4) is 10.6 Å². The Morgan fingerprint density at radius 3 is 2.86 bits per heavy atom. The third kappa shape index (κ3) is 1.81. The minimum Gasteiger partial charge on any atom is -0.323 e. The van der Waals surface area contributed by atoms with Gasteiger partial charge in [-0.1, -0.05) is 0 Å². The number of hydrogen-bond acceptors (Lipinski definition) is 4. The molecule has 0 aliphatic carbocycles. The molecule has 0 saturated carbocycles. The van der Waals surface area contributed by atoms with Crippen molar-refractivity contribution in [2.24, 2.45) is 5.73 Å². The highest BCUT2D eigenvalue weighted by atomic mass is 32.1. The van der Waals surface area contributed by atoms with Crippen LogP contribution in [-0.4, -0.2) is 9.97 Å². The van der Waals surface area contributed by atoms with Gasteiger partial charge >= 0.3 is 0 Å². The molecule has 0 aliphatic heterocycles. The number of rotatable bonds is 2. The average Bonchev–Trinajstić information content (AvgIpc) is 2.68. The molecule has 2 heterocycles. The number of hydrogen-bond donors (Lipinski definition) is 1. The largest absolute Gasteiger partial charge is 0.323 e. The topological polar surface area (TPSA) is 51.8 Å². The molecule has 0 aromatic carbocycles. The number of pyridine rings is 1. The van der Waals surface area contributed by atoms with Crippen molar-refractivity contribution >= 4 is 11.3 Å². The highest BCUT2D eigenvalue weighted by Gasteiger charge is 2.06.